The highest BCUT2D eigenvalue weighted by molar-refractivity contribution is 5.31. The summed E-state index contributed by atoms with van der Waals surface area (Å²) >= 11 is 0. The van der Waals surface area contributed by atoms with Gasteiger partial charge in [0.15, 0.2) is 6.29 Å². The fraction of sp³-hybridized carbons (Fsp3) is 0.600. The van der Waals surface area contributed by atoms with E-state index in [2.05, 4.69) is 33.4 Å². The Hall–Kier alpha value is -1.82. The third-order valence-corrected chi connectivity index (χ3v) is 6.33. The van der Waals surface area contributed by atoms with Crippen molar-refractivity contribution in [3.63, 3.8) is 0 Å². The van der Waals surface area contributed by atoms with Crippen molar-refractivity contribution < 1.29 is 24.1 Å². The molecule has 1 aromatic rings. The van der Waals surface area contributed by atoms with Crippen molar-refractivity contribution in [1.29, 1.82) is 0 Å². The average Bonchev–Trinajstić information content (AvgIpc) is 2.75. The quantitative estimate of drug-likeness (QED) is 0.411. The third-order valence-electron chi connectivity index (χ3n) is 6.33. The van der Waals surface area contributed by atoms with Crippen molar-refractivity contribution in [3.05, 3.63) is 48.6 Å². The van der Waals surface area contributed by atoms with Crippen LogP contribution in [0.1, 0.15) is 33.6 Å². The molecular weight excluding hydrogens is 380 g/mol. The molecule has 0 spiro atoms. The second kappa shape index (κ2) is 11.5. The first-order chi connectivity index (χ1) is 14.4. The minimum absolute atomic E-state index is 0.132. The second-order valence-electron chi connectivity index (χ2n) is 8.41. The second-order valence-corrected chi connectivity index (χ2v) is 8.41. The van der Waals surface area contributed by atoms with Gasteiger partial charge in [-0.15, -0.1) is 0 Å². The molecule has 1 N–H and O–H groups in total. The lowest BCUT2D eigenvalue weighted by Gasteiger charge is -2.43. The molecule has 30 heavy (non-hydrogen) atoms. The monoisotopic (exact) mass is 418 g/mol. The minimum atomic E-state index is -0.708. The summed E-state index contributed by atoms with van der Waals surface area (Å²) in [6.07, 6.45) is 3.96. The van der Waals surface area contributed by atoms with Crippen LogP contribution in [0.15, 0.2) is 48.6 Å². The van der Waals surface area contributed by atoms with Crippen molar-refractivity contribution in [2.75, 3.05) is 21.3 Å². The zero-order valence-corrected chi connectivity index (χ0v) is 19.2. The first-order valence-electron chi connectivity index (χ1n) is 10.7. The number of allylic oxidation sites excluding steroid dienone is 2. The Morgan fingerprint density at radius 2 is 1.70 bits per heavy atom. The van der Waals surface area contributed by atoms with Crippen molar-refractivity contribution in [3.8, 4) is 11.5 Å². The molecule has 1 aliphatic rings. The number of hydrogen-bond acceptors (Lipinski definition) is 5. The number of benzene rings is 1. The summed E-state index contributed by atoms with van der Waals surface area (Å²) in [6.45, 7) is 10.5. The van der Waals surface area contributed by atoms with Crippen LogP contribution in [0.3, 0.4) is 0 Å². The van der Waals surface area contributed by atoms with Crippen LogP contribution in [-0.4, -0.2) is 44.9 Å². The molecule has 2 rings (SSSR count). The van der Waals surface area contributed by atoms with Gasteiger partial charge in [0, 0.05) is 20.1 Å². The molecule has 5 nitrogen and oxygen atoms in total. The van der Waals surface area contributed by atoms with Crippen molar-refractivity contribution in [2.24, 2.45) is 23.7 Å². The van der Waals surface area contributed by atoms with Gasteiger partial charge < -0.3 is 24.1 Å². The lowest BCUT2D eigenvalue weighted by molar-refractivity contribution is -0.169. The van der Waals surface area contributed by atoms with Crippen LogP contribution in [-0.2, 0) is 9.47 Å². The largest absolute Gasteiger partial charge is 0.497 e. The fourth-order valence-electron chi connectivity index (χ4n) is 4.58. The zero-order valence-electron chi connectivity index (χ0n) is 19.2. The van der Waals surface area contributed by atoms with E-state index in [1.54, 1.807) is 27.4 Å². The standard InChI is InChI=1S/C25H38O5/c1-8-23(30-19-12-10-18(27-5)11-13-19)22(26)15-21-17(4)9-14-20(16(2)3)24(21)25(28-6)29-7/h8-13,16,20-26H,1,14-15H2,2-7H3/t20-,21+,22+,23-,24-/m1/s1. The van der Waals surface area contributed by atoms with Crippen LogP contribution in [0, 0.1) is 23.7 Å². The Morgan fingerprint density at radius 1 is 1.10 bits per heavy atom. The molecule has 0 fully saturated rings. The number of ether oxygens (including phenoxy) is 4. The Kier molecular flexibility index (Phi) is 9.40. The topological polar surface area (TPSA) is 57.2 Å². The van der Waals surface area contributed by atoms with Crippen molar-refractivity contribution in [2.45, 2.75) is 52.1 Å². The van der Waals surface area contributed by atoms with Crippen LogP contribution >= 0.6 is 0 Å². The van der Waals surface area contributed by atoms with E-state index in [-0.39, 0.29) is 18.1 Å². The minimum Gasteiger partial charge on any atom is -0.497 e. The molecule has 0 heterocycles. The van der Waals surface area contributed by atoms with Gasteiger partial charge in [-0.2, -0.15) is 0 Å². The number of hydrogen-bond donors (Lipinski definition) is 1. The van der Waals surface area contributed by atoms with Crippen LogP contribution in [0.2, 0.25) is 0 Å². The first-order valence-corrected chi connectivity index (χ1v) is 10.7. The van der Waals surface area contributed by atoms with Gasteiger partial charge in [0.1, 0.15) is 17.6 Å². The van der Waals surface area contributed by atoms with Crippen LogP contribution in [0.25, 0.3) is 0 Å². The number of aliphatic hydroxyl groups excluding tert-OH is 1. The van der Waals surface area contributed by atoms with Crippen molar-refractivity contribution in [1.82, 2.24) is 0 Å². The molecular formula is C25H38O5. The molecule has 0 aromatic heterocycles. The highest BCUT2D eigenvalue weighted by Gasteiger charge is 2.42. The highest BCUT2D eigenvalue weighted by Crippen LogP contribution is 2.44. The Morgan fingerprint density at radius 3 is 2.20 bits per heavy atom. The van der Waals surface area contributed by atoms with Crippen molar-refractivity contribution >= 4 is 0 Å². The van der Waals surface area contributed by atoms with Crippen LogP contribution in [0.5, 0.6) is 11.5 Å². The highest BCUT2D eigenvalue weighted by atomic mass is 16.7. The van der Waals surface area contributed by atoms with Gasteiger partial charge in [-0.05, 0) is 67.9 Å². The van der Waals surface area contributed by atoms with Gasteiger partial charge in [0.05, 0.1) is 13.2 Å². The zero-order chi connectivity index (χ0) is 22.3. The molecule has 0 aliphatic heterocycles. The average molecular weight is 419 g/mol. The molecule has 5 heteroatoms. The molecule has 0 bridgehead atoms. The summed E-state index contributed by atoms with van der Waals surface area (Å²) in [7, 11) is 5.00. The van der Waals surface area contributed by atoms with Crippen LogP contribution < -0.4 is 9.47 Å². The van der Waals surface area contributed by atoms with Crippen LogP contribution in [0.4, 0.5) is 0 Å². The number of aliphatic hydroxyl groups is 1. The Balaban J connectivity index is 2.20. The summed E-state index contributed by atoms with van der Waals surface area (Å²) in [5.41, 5.74) is 1.27. The molecule has 5 atom stereocenters. The van der Waals surface area contributed by atoms with Gasteiger partial charge in [-0.3, -0.25) is 0 Å². The number of rotatable bonds is 11. The summed E-state index contributed by atoms with van der Waals surface area (Å²) < 4.78 is 22.6. The summed E-state index contributed by atoms with van der Waals surface area (Å²) in [5.74, 6) is 2.62. The molecule has 0 saturated carbocycles. The maximum atomic E-state index is 11.1. The lowest BCUT2D eigenvalue weighted by Crippen LogP contribution is -2.44. The van der Waals surface area contributed by atoms with E-state index in [0.29, 0.717) is 24.0 Å². The van der Waals surface area contributed by atoms with E-state index >= 15 is 0 Å². The van der Waals surface area contributed by atoms with E-state index in [1.807, 2.05) is 24.3 Å². The Labute approximate surface area is 181 Å². The van der Waals surface area contributed by atoms with E-state index in [0.717, 1.165) is 12.2 Å². The van der Waals surface area contributed by atoms with Gasteiger partial charge >= 0.3 is 0 Å². The summed E-state index contributed by atoms with van der Waals surface area (Å²) in [6, 6.07) is 7.33. The Bertz CT molecular complexity index is 677. The normalized spacial score (nSPS) is 23.8. The first kappa shape index (κ1) is 24.4. The lowest BCUT2D eigenvalue weighted by atomic mass is 9.66. The molecule has 168 valence electrons. The fourth-order valence-corrected chi connectivity index (χ4v) is 4.58. The predicted molar refractivity (Wildman–Crippen MR) is 120 cm³/mol. The van der Waals surface area contributed by atoms with Gasteiger partial charge in [-0.1, -0.05) is 32.1 Å². The molecule has 0 saturated heterocycles. The molecule has 0 unspecified atom stereocenters. The van der Waals surface area contributed by atoms with E-state index in [1.165, 1.54) is 5.57 Å². The van der Waals surface area contributed by atoms with Gasteiger partial charge in [-0.25, -0.2) is 0 Å². The van der Waals surface area contributed by atoms with Gasteiger partial charge in [0.25, 0.3) is 0 Å². The van der Waals surface area contributed by atoms with E-state index in [4.69, 9.17) is 18.9 Å². The molecule has 1 aromatic carbocycles. The van der Waals surface area contributed by atoms with E-state index in [9.17, 15) is 5.11 Å². The summed E-state index contributed by atoms with van der Waals surface area (Å²) in [5, 5.41) is 11.1. The SMILES string of the molecule is C=C[C@@H](Oc1ccc(OC)cc1)[C@@H](O)C[C@H]1C(C)=CC[C@H](C(C)C)[C@H]1C(OC)OC. The smallest absolute Gasteiger partial charge is 0.160 e. The molecule has 0 amide bonds. The third kappa shape index (κ3) is 5.87. The molecule has 1 aliphatic carbocycles. The van der Waals surface area contributed by atoms with Gasteiger partial charge in [0.2, 0.25) is 0 Å². The maximum Gasteiger partial charge on any atom is 0.160 e. The summed E-state index contributed by atoms with van der Waals surface area (Å²) in [4.78, 5) is 0. The number of methoxy groups -OCH3 is 3. The predicted octanol–water partition coefficient (Wildman–Crippen LogP) is 4.85. The van der Waals surface area contributed by atoms with E-state index < -0.39 is 12.2 Å². The molecule has 0 radical (unpaired) electrons. The maximum absolute atomic E-state index is 11.1.